The molecule has 0 aliphatic carbocycles. The number of methoxy groups -OCH3 is 2. The number of benzene rings is 4. The van der Waals surface area contributed by atoms with Crippen molar-refractivity contribution in [2.24, 2.45) is 0 Å². The second-order valence-electron chi connectivity index (χ2n) is 22.6. The van der Waals surface area contributed by atoms with Crippen LogP contribution in [0.4, 0.5) is 5.69 Å². The number of hydrogen-bond acceptors (Lipinski definition) is 17. The molecule has 1 fully saturated rings. The molecular weight excluding hydrogens is 1140 g/mol. The van der Waals surface area contributed by atoms with E-state index in [1.54, 1.807) is 14.2 Å². The maximum absolute atomic E-state index is 13.3. The van der Waals surface area contributed by atoms with Gasteiger partial charge in [0.1, 0.15) is 42.0 Å². The molecule has 7 atom stereocenters. The topological polar surface area (TPSA) is 229 Å². The minimum absolute atomic E-state index is 0.0352. The first-order valence-electron chi connectivity index (χ1n) is 31.1. The lowest BCUT2D eigenvalue weighted by Crippen LogP contribution is -2.66. The molecule has 0 spiro atoms. The van der Waals surface area contributed by atoms with Crippen LogP contribution in [0.25, 0.3) is 0 Å². The molecule has 482 valence electrons. The number of nitriles is 1. The summed E-state index contributed by atoms with van der Waals surface area (Å²) in [7, 11) is 1.60. The van der Waals surface area contributed by atoms with Gasteiger partial charge in [-0.15, -0.1) is 0 Å². The fourth-order valence-corrected chi connectivity index (χ4v) is 12.5. The summed E-state index contributed by atoms with van der Waals surface area (Å²) in [6.45, 7) is 13.7. The SMILES string of the molecule is COc1ccc(C(OCC(OP(OCCC#N)N(C(C)C)C(C)C)c2ccc(NC(=O)CCCCCCCCCCCCCCCOC3OC(COC(C)=O)C(OC(C)=O)C(OC(C)=O)C3NC(C)=O)cc2)(c2ccccc2)c2ccc(OC)cc2)cc1. The number of carbonyl (C=O) groups is 5. The van der Waals surface area contributed by atoms with Gasteiger partial charge in [0, 0.05) is 58.5 Å². The standard InChI is InChI=1S/C68H95N4O15P/c1-48(2)72(49(3)4)88(83-45-27-43-69)87-61(47-82-68(55-28-23-22-24-29-55,56-33-39-59(78-9)40-34-56)57-35-41-60(79-10)42-36-57)54-31-37-58(38-32-54)71-63(77)30-25-20-18-16-14-12-11-13-15-17-19-21-26-44-80-67-64(70-50(5)73)66(85-53(8)76)65(84-52(7)75)62(86-67)46-81-51(6)74/h22-24,28-29,31-42,48-49,61-62,64-67H,11-21,25-27,30,44-47H2,1-10H3,(H,70,73)(H,71,77). The number of anilines is 1. The van der Waals surface area contributed by atoms with Crippen LogP contribution in [0.2, 0.25) is 0 Å². The van der Waals surface area contributed by atoms with Gasteiger partial charge < -0.3 is 57.6 Å². The van der Waals surface area contributed by atoms with Crippen LogP contribution in [0.1, 0.15) is 180 Å². The Morgan fingerprint density at radius 1 is 0.636 bits per heavy atom. The molecule has 2 amide bonds. The van der Waals surface area contributed by atoms with E-state index in [0.717, 1.165) is 92.9 Å². The van der Waals surface area contributed by atoms with E-state index in [0.29, 0.717) is 30.2 Å². The lowest BCUT2D eigenvalue weighted by atomic mass is 9.80. The molecule has 2 N–H and O–H groups in total. The van der Waals surface area contributed by atoms with Gasteiger partial charge in [0.05, 0.1) is 39.9 Å². The molecule has 88 heavy (non-hydrogen) atoms. The van der Waals surface area contributed by atoms with Crippen molar-refractivity contribution in [3.05, 3.63) is 125 Å². The Balaban J connectivity index is 1.10. The number of carbonyl (C=O) groups excluding carboxylic acids is 5. The molecule has 4 aromatic carbocycles. The Morgan fingerprint density at radius 3 is 1.64 bits per heavy atom. The van der Waals surface area contributed by atoms with Crippen molar-refractivity contribution >= 4 is 43.9 Å². The van der Waals surface area contributed by atoms with E-state index >= 15 is 0 Å². The van der Waals surface area contributed by atoms with Gasteiger partial charge in [-0.1, -0.05) is 137 Å². The van der Waals surface area contributed by atoms with E-state index in [2.05, 4.69) is 61.2 Å². The zero-order chi connectivity index (χ0) is 63.8. The summed E-state index contributed by atoms with van der Waals surface area (Å²) in [5.41, 5.74) is 3.05. The van der Waals surface area contributed by atoms with E-state index in [9.17, 15) is 29.2 Å². The average Bonchev–Trinajstić information content (AvgIpc) is 1.37. The summed E-state index contributed by atoms with van der Waals surface area (Å²) >= 11 is 0. The van der Waals surface area contributed by atoms with Gasteiger partial charge >= 0.3 is 17.9 Å². The summed E-state index contributed by atoms with van der Waals surface area (Å²) in [5, 5.41) is 15.3. The summed E-state index contributed by atoms with van der Waals surface area (Å²) in [6.07, 6.45) is 9.17. The van der Waals surface area contributed by atoms with Crippen LogP contribution in [-0.4, -0.2) is 118 Å². The predicted molar refractivity (Wildman–Crippen MR) is 337 cm³/mol. The number of nitrogens with zero attached hydrogens (tertiary/aromatic N) is 2. The Bertz CT molecular complexity index is 2690. The lowest BCUT2D eigenvalue weighted by molar-refractivity contribution is -0.277. The van der Waals surface area contributed by atoms with E-state index < -0.39 is 74.7 Å². The Kier molecular flexibility index (Phi) is 31.9. The van der Waals surface area contributed by atoms with Crippen LogP contribution < -0.4 is 20.1 Å². The Labute approximate surface area is 523 Å². The largest absolute Gasteiger partial charge is 0.497 e. The Hall–Kier alpha value is -6.49. The van der Waals surface area contributed by atoms with Crippen LogP contribution in [0, 0.1) is 11.3 Å². The molecule has 4 aromatic rings. The second kappa shape index (κ2) is 38.8. The smallest absolute Gasteiger partial charge is 0.303 e. The highest BCUT2D eigenvalue weighted by Gasteiger charge is 2.51. The highest BCUT2D eigenvalue weighted by molar-refractivity contribution is 7.44. The molecular formula is C68H95N4O15P. The molecule has 1 aliphatic heterocycles. The van der Waals surface area contributed by atoms with Crippen LogP contribution >= 0.6 is 8.53 Å². The first kappa shape index (κ1) is 72.3. The van der Waals surface area contributed by atoms with Gasteiger partial charge in [0.25, 0.3) is 8.53 Å². The fourth-order valence-electron chi connectivity index (χ4n) is 10.8. The number of hydrogen-bond donors (Lipinski definition) is 2. The Morgan fingerprint density at radius 2 is 1.15 bits per heavy atom. The van der Waals surface area contributed by atoms with Crippen molar-refractivity contribution < 1.29 is 70.9 Å². The first-order chi connectivity index (χ1) is 42.4. The molecule has 1 aliphatic rings. The van der Waals surface area contributed by atoms with Crippen molar-refractivity contribution in [2.75, 3.05) is 46.0 Å². The van der Waals surface area contributed by atoms with Crippen molar-refractivity contribution in [2.45, 2.75) is 206 Å². The van der Waals surface area contributed by atoms with Crippen molar-refractivity contribution in [1.29, 1.82) is 5.26 Å². The highest BCUT2D eigenvalue weighted by atomic mass is 31.2. The highest BCUT2D eigenvalue weighted by Crippen LogP contribution is 2.51. The minimum atomic E-state index is -1.69. The number of unbranched alkanes of at least 4 members (excludes halogenated alkanes) is 12. The van der Waals surface area contributed by atoms with Crippen LogP contribution in [0.5, 0.6) is 11.5 Å². The monoisotopic (exact) mass is 1240 g/mol. The van der Waals surface area contributed by atoms with Crippen molar-refractivity contribution in [3.8, 4) is 17.6 Å². The van der Waals surface area contributed by atoms with Gasteiger partial charge in [-0.25, -0.2) is 4.67 Å². The molecule has 0 radical (unpaired) electrons. The van der Waals surface area contributed by atoms with Crippen LogP contribution in [0.15, 0.2) is 103 Å². The summed E-state index contributed by atoms with van der Waals surface area (Å²) in [5.74, 6) is -0.927. The third-order valence-corrected chi connectivity index (χ3v) is 17.1. The van der Waals surface area contributed by atoms with Gasteiger partial charge in [-0.05, 0) is 99.2 Å². The molecule has 0 saturated carbocycles. The number of rotatable bonds is 40. The van der Waals surface area contributed by atoms with Gasteiger partial charge in [-0.3, -0.25) is 24.0 Å². The zero-order valence-corrected chi connectivity index (χ0v) is 54.2. The molecule has 0 bridgehead atoms. The number of nitrogens with one attached hydrogen (secondary N) is 2. The minimum Gasteiger partial charge on any atom is -0.497 e. The van der Waals surface area contributed by atoms with Gasteiger partial charge in [-0.2, -0.15) is 5.26 Å². The number of amides is 2. The van der Waals surface area contributed by atoms with E-state index in [1.165, 1.54) is 40.5 Å². The molecule has 1 saturated heterocycles. The molecule has 0 aromatic heterocycles. The molecule has 1 heterocycles. The van der Waals surface area contributed by atoms with Crippen LogP contribution in [-0.2, 0) is 67.0 Å². The predicted octanol–water partition coefficient (Wildman–Crippen LogP) is 13.1. The maximum Gasteiger partial charge on any atom is 0.303 e. The number of ether oxygens (including phenoxy) is 8. The summed E-state index contributed by atoms with van der Waals surface area (Å²) in [6, 6.07) is 35.0. The van der Waals surface area contributed by atoms with Gasteiger partial charge in [0.2, 0.25) is 11.8 Å². The summed E-state index contributed by atoms with van der Waals surface area (Å²) < 4.78 is 62.7. The quantitative estimate of drug-likeness (QED) is 0.0139. The van der Waals surface area contributed by atoms with E-state index in [4.69, 9.17) is 46.9 Å². The molecule has 5 rings (SSSR count). The van der Waals surface area contributed by atoms with E-state index in [1.807, 2.05) is 91.0 Å². The first-order valence-corrected chi connectivity index (χ1v) is 32.2. The maximum atomic E-state index is 13.3. The van der Waals surface area contributed by atoms with Gasteiger partial charge in [0.15, 0.2) is 18.5 Å². The third-order valence-electron chi connectivity index (χ3n) is 15.0. The van der Waals surface area contributed by atoms with Crippen molar-refractivity contribution in [1.82, 2.24) is 9.99 Å². The van der Waals surface area contributed by atoms with Crippen LogP contribution in [0.3, 0.4) is 0 Å². The van der Waals surface area contributed by atoms with E-state index in [-0.39, 0.29) is 44.2 Å². The third kappa shape index (κ3) is 23.5. The number of esters is 3. The average molecular weight is 1240 g/mol. The lowest BCUT2D eigenvalue weighted by Gasteiger charge is -2.44. The molecule has 19 nitrogen and oxygen atoms in total. The summed E-state index contributed by atoms with van der Waals surface area (Å²) in [4.78, 5) is 61.3. The zero-order valence-electron chi connectivity index (χ0n) is 53.3. The normalized spacial score (nSPS) is 17.4. The van der Waals surface area contributed by atoms with Crippen molar-refractivity contribution in [3.63, 3.8) is 0 Å². The fraction of sp³-hybridized carbons (Fsp3) is 0.559. The second-order valence-corrected chi connectivity index (χ2v) is 24.0. The molecule has 20 heteroatoms. The molecule has 7 unspecified atom stereocenters.